The van der Waals surface area contributed by atoms with Crippen molar-refractivity contribution in [2.24, 2.45) is 0 Å². The van der Waals surface area contributed by atoms with Crippen LogP contribution in [0, 0.1) is 5.82 Å². The van der Waals surface area contributed by atoms with E-state index in [4.69, 9.17) is 4.74 Å². The lowest BCUT2D eigenvalue weighted by molar-refractivity contribution is 0.0734. The van der Waals surface area contributed by atoms with Crippen molar-refractivity contribution in [2.45, 2.75) is 39.0 Å². The zero-order chi connectivity index (χ0) is 23.9. The van der Waals surface area contributed by atoms with Crippen molar-refractivity contribution in [3.8, 4) is 16.9 Å². The molecule has 0 saturated heterocycles. The quantitative estimate of drug-likeness (QED) is 0.200. The van der Waals surface area contributed by atoms with Crippen LogP contribution in [0.2, 0.25) is 0 Å². The predicted octanol–water partition coefficient (Wildman–Crippen LogP) is 8.01. The maximum atomic E-state index is 14.1. The Bertz CT molecular complexity index is 1230. The predicted molar refractivity (Wildman–Crippen MR) is 136 cm³/mol. The first-order chi connectivity index (χ1) is 16.5. The molecule has 0 aliphatic heterocycles. The second-order valence-corrected chi connectivity index (χ2v) is 8.68. The van der Waals surface area contributed by atoms with E-state index in [1.54, 1.807) is 24.3 Å². The Kier molecular flexibility index (Phi) is 7.54. The minimum Gasteiger partial charge on any atom is -0.423 e. The molecule has 34 heavy (non-hydrogen) atoms. The molecule has 0 aromatic heterocycles. The number of esters is 1. The fourth-order valence-corrected chi connectivity index (χ4v) is 4.11. The van der Waals surface area contributed by atoms with Gasteiger partial charge in [0.2, 0.25) is 0 Å². The third-order valence-corrected chi connectivity index (χ3v) is 6.07. The number of hydrogen-bond donors (Lipinski definition) is 0. The van der Waals surface area contributed by atoms with Gasteiger partial charge in [0.15, 0.2) is 0 Å². The van der Waals surface area contributed by atoms with Gasteiger partial charge in [0.25, 0.3) is 0 Å². The van der Waals surface area contributed by atoms with Crippen molar-refractivity contribution in [1.29, 1.82) is 0 Å². The highest BCUT2D eigenvalue weighted by Crippen LogP contribution is 2.25. The first-order valence-electron chi connectivity index (χ1n) is 11.8. The number of ether oxygens (including phenoxy) is 1. The van der Waals surface area contributed by atoms with Gasteiger partial charge >= 0.3 is 5.97 Å². The van der Waals surface area contributed by atoms with Crippen molar-refractivity contribution in [1.82, 2.24) is 0 Å². The number of rotatable bonds is 8. The van der Waals surface area contributed by atoms with E-state index in [1.165, 1.54) is 17.2 Å². The monoisotopic (exact) mass is 452 g/mol. The van der Waals surface area contributed by atoms with E-state index in [-0.39, 0.29) is 11.6 Å². The molecule has 2 nitrogen and oxygen atoms in total. The van der Waals surface area contributed by atoms with E-state index < -0.39 is 5.97 Å². The summed E-state index contributed by atoms with van der Waals surface area (Å²) in [5.41, 5.74) is 5.80. The van der Waals surface area contributed by atoms with Crippen LogP contribution in [0.1, 0.15) is 53.2 Å². The number of halogens is 1. The second-order valence-electron chi connectivity index (χ2n) is 8.68. The molecular weight excluding hydrogens is 423 g/mol. The summed E-state index contributed by atoms with van der Waals surface area (Å²) in [5.74, 6) is -0.177. The summed E-state index contributed by atoms with van der Waals surface area (Å²) in [6.07, 6.45) is 2.50. The SMILES string of the molecule is CCCc1ccc(OC(=O)c2ccc(-c3ccc(C[C@@H](C)c4ccccc4)cc3)cc2)cc1F. The van der Waals surface area contributed by atoms with Crippen molar-refractivity contribution >= 4 is 5.97 Å². The summed E-state index contributed by atoms with van der Waals surface area (Å²) in [6, 6.07) is 31.0. The van der Waals surface area contributed by atoms with Crippen LogP contribution in [0.15, 0.2) is 97.1 Å². The Hall–Kier alpha value is -3.72. The van der Waals surface area contributed by atoms with Crippen LogP contribution in [-0.2, 0) is 12.8 Å². The molecule has 4 aromatic rings. The first-order valence-corrected chi connectivity index (χ1v) is 11.8. The topological polar surface area (TPSA) is 26.3 Å². The molecule has 0 bridgehead atoms. The highest BCUT2D eigenvalue weighted by atomic mass is 19.1. The van der Waals surface area contributed by atoms with E-state index in [0.29, 0.717) is 23.5 Å². The number of hydrogen-bond acceptors (Lipinski definition) is 2. The van der Waals surface area contributed by atoms with Gasteiger partial charge in [-0.05, 0) is 64.8 Å². The molecule has 0 N–H and O–H groups in total. The average Bonchev–Trinajstić information content (AvgIpc) is 2.87. The Labute approximate surface area is 201 Å². The summed E-state index contributed by atoms with van der Waals surface area (Å²) < 4.78 is 19.5. The minimum atomic E-state index is -0.501. The zero-order valence-electron chi connectivity index (χ0n) is 19.6. The summed E-state index contributed by atoms with van der Waals surface area (Å²) in [6.45, 7) is 4.24. The molecule has 0 aliphatic carbocycles. The molecule has 0 heterocycles. The maximum absolute atomic E-state index is 14.1. The van der Waals surface area contributed by atoms with Crippen LogP contribution in [0.4, 0.5) is 4.39 Å². The molecule has 4 rings (SSSR count). The highest BCUT2D eigenvalue weighted by molar-refractivity contribution is 5.91. The van der Waals surface area contributed by atoms with E-state index >= 15 is 0 Å². The summed E-state index contributed by atoms with van der Waals surface area (Å²) in [7, 11) is 0. The first kappa shape index (κ1) is 23.4. The number of carbonyl (C=O) groups is 1. The molecule has 0 fully saturated rings. The molecule has 172 valence electrons. The minimum absolute atomic E-state index is 0.215. The summed E-state index contributed by atoms with van der Waals surface area (Å²) >= 11 is 0. The van der Waals surface area contributed by atoms with Gasteiger partial charge in [-0.15, -0.1) is 0 Å². The van der Waals surface area contributed by atoms with E-state index in [1.807, 2.05) is 25.1 Å². The van der Waals surface area contributed by atoms with Gasteiger partial charge < -0.3 is 4.74 Å². The molecule has 0 saturated carbocycles. The zero-order valence-corrected chi connectivity index (χ0v) is 19.6. The van der Waals surface area contributed by atoms with Gasteiger partial charge in [0.1, 0.15) is 11.6 Å². The molecule has 0 spiro atoms. The molecule has 0 amide bonds. The van der Waals surface area contributed by atoms with Gasteiger partial charge in [-0.1, -0.05) is 93.1 Å². The van der Waals surface area contributed by atoms with Crippen LogP contribution in [0.25, 0.3) is 11.1 Å². The molecule has 0 unspecified atom stereocenters. The molecule has 0 radical (unpaired) electrons. The molecule has 3 heteroatoms. The van der Waals surface area contributed by atoms with Gasteiger partial charge in [-0.25, -0.2) is 9.18 Å². The summed E-state index contributed by atoms with van der Waals surface area (Å²) in [5, 5.41) is 0. The lowest BCUT2D eigenvalue weighted by Crippen LogP contribution is -2.08. The largest absolute Gasteiger partial charge is 0.423 e. The van der Waals surface area contributed by atoms with Gasteiger partial charge in [0, 0.05) is 6.07 Å². The third kappa shape index (κ3) is 5.79. The lowest BCUT2D eigenvalue weighted by Gasteiger charge is -2.12. The van der Waals surface area contributed by atoms with E-state index in [2.05, 4.69) is 55.5 Å². The fraction of sp³-hybridized carbons (Fsp3) is 0.194. The van der Waals surface area contributed by atoms with Gasteiger partial charge in [0.05, 0.1) is 5.56 Å². The van der Waals surface area contributed by atoms with Gasteiger partial charge in [-0.2, -0.15) is 0 Å². The fourth-order valence-electron chi connectivity index (χ4n) is 4.11. The standard InChI is InChI=1S/C31H29FO2/c1-3-7-27-18-19-29(21-30(27)32)34-31(33)28-16-14-26(15-17-28)25-12-10-23(11-13-25)20-22(2)24-8-5-4-6-9-24/h4-6,8-19,21-22H,3,7,20H2,1-2H3/t22-/m1/s1. The Balaban J connectivity index is 1.39. The molecule has 1 atom stereocenters. The maximum Gasteiger partial charge on any atom is 0.343 e. The molecule has 0 aliphatic rings. The average molecular weight is 453 g/mol. The van der Waals surface area contributed by atoms with Crippen molar-refractivity contribution in [2.75, 3.05) is 0 Å². The Morgan fingerprint density at radius 2 is 1.50 bits per heavy atom. The Morgan fingerprint density at radius 3 is 2.12 bits per heavy atom. The van der Waals surface area contributed by atoms with Crippen molar-refractivity contribution < 1.29 is 13.9 Å². The van der Waals surface area contributed by atoms with Crippen molar-refractivity contribution in [3.63, 3.8) is 0 Å². The normalized spacial score (nSPS) is 11.7. The third-order valence-electron chi connectivity index (χ3n) is 6.07. The van der Waals surface area contributed by atoms with Crippen LogP contribution < -0.4 is 4.74 Å². The number of benzene rings is 4. The van der Waals surface area contributed by atoms with Crippen LogP contribution >= 0.6 is 0 Å². The number of carbonyl (C=O) groups excluding carboxylic acids is 1. The second kappa shape index (κ2) is 10.9. The Morgan fingerprint density at radius 1 is 0.853 bits per heavy atom. The molecule has 4 aromatic carbocycles. The summed E-state index contributed by atoms with van der Waals surface area (Å²) in [4.78, 5) is 12.5. The lowest BCUT2D eigenvalue weighted by atomic mass is 9.93. The van der Waals surface area contributed by atoms with Crippen molar-refractivity contribution in [3.05, 3.63) is 125 Å². The van der Waals surface area contributed by atoms with Crippen LogP contribution in [-0.4, -0.2) is 5.97 Å². The van der Waals surface area contributed by atoms with E-state index in [0.717, 1.165) is 24.0 Å². The van der Waals surface area contributed by atoms with Gasteiger partial charge in [-0.3, -0.25) is 0 Å². The van der Waals surface area contributed by atoms with Crippen LogP contribution in [0.5, 0.6) is 5.75 Å². The smallest absolute Gasteiger partial charge is 0.343 e. The number of aryl methyl sites for hydroxylation is 1. The van der Waals surface area contributed by atoms with Crippen LogP contribution in [0.3, 0.4) is 0 Å². The van der Waals surface area contributed by atoms with E-state index in [9.17, 15) is 9.18 Å². The molecular formula is C31H29FO2. The highest BCUT2D eigenvalue weighted by Gasteiger charge is 2.12.